The SMILES string of the molecule is CCC(=O)N1c2ccccc2NC2=C(C(=O)C[C@@H](c3cccc([N+](=O)[O-])c3)C2)[C@H]1c1ccc(C)cc1. The van der Waals surface area contributed by atoms with Gasteiger partial charge in [0.2, 0.25) is 5.91 Å². The van der Waals surface area contributed by atoms with Crippen LogP contribution in [0.4, 0.5) is 17.1 Å². The summed E-state index contributed by atoms with van der Waals surface area (Å²) in [5, 5.41) is 14.8. The summed E-state index contributed by atoms with van der Waals surface area (Å²) >= 11 is 0. The van der Waals surface area contributed by atoms with E-state index in [2.05, 4.69) is 5.32 Å². The predicted octanol–water partition coefficient (Wildman–Crippen LogP) is 6.21. The summed E-state index contributed by atoms with van der Waals surface area (Å²) in [4.78, 5) is 40.0. The molecule has 2 aliphatic rings. The number of non-ortho nitro benzene ring substituents is 1. The fourth-order valence-electron chi connectivity index (χ4n) is 5.23. The quantitative estimate of drug-likeness (QED) is 0.353. The van der Waals surface area contributed by atoms with Gasteiger partial charge < -0.3 is 5.32 Å². The highest BCUT2D eigenvalue weighted by Crippen LogP contribution is 2.47. The minimum atomic E-state index is -0.567. The number of carbonyl (C=O) groups is 2. The van der Waals surface area contributed by atoms with E-state index >= 15 is 0 Å². The van der Waals surface area contributed by atoms with Crippen LogP contribution in [0.15, 0.2) is 84.1 Å². The molecule has 1 aliphatic carbocycles. The Labute approximate surface area is 209 Å². The van der Waals surface area contributed by atoms with Crippen molar-refractivity contribution in [2.45, 2.75) is 45.1 Å². The predicted molar refractivity (Wildman–Crippen MR) is 139 cm³/mol. The Balaban J connectivity index is 1.68. The molecule has 7 nitrogen and oxygen atoms in total. The molecule has 1 N–H and O–H groups in total. The number of anilines is 2. The van der Waals surface area contributed by atoms with E-state index in [9.17, 15) is 19.7 Å². The van der Waals surface area contributed by atoms with Crippen LogP contribution in [0, 0.1) is 17.0 Å². The number of hydrogen-bond acceptors (Lipinski definition) is 5. The topological polar surface area (TPSA) is 92.6 Å². The lowest BCUT2D eigenvalue weighted by atomic mass is 9.78. The average Bonchev–Trinajstić information content (AvgIpc) is 3.03. The zero-order valence-corrected chi connectivity index (χ0v) is 20.2. The number of nitro groups is 1. The lowest BCUT2D eigenvalue weighted by Crippen LogP contribution is -2.38. The molecule has 7 heteroatoms. The van der Waals surface area contributed by atoms with Crippen molar-refractivity contribution < 1.29 is 14.5 Å². The van der Waals surface area contributed by atoms with Crippen LogP contribution in [0.5, 0.6) is 0 Å². The van der Waals surface area contributed by atoms with Crippen LogP contribution in [-0.4, -0.2) is 16.6 Å². The number of carbonyl (C=O) groups excluding carboxylic acids is 2. The summed E-state index contributed by atoms with van der Waals surface area (Å²) in [5.41, 5.74) is 5.56. The Morgan fingerprint density at radius 3 is 2.50 bits per heavy atom. The number of aryl methyl sites for hydroxylation is 1. The van der Waals surface area contributed by atoms with E-state index in [0.29, 0.717) is 18.4 Å². The standard InChI is InChI=1S/C29H27N3O4/c1-3-27(34)31-25-10-5-4-9-23(25)30-24-16-21(20-7-6-8-22(15-20)32(35)36)17-26(33)28(24)29(31)19-13-11-18(2)12-14-19/h4-15,21,29-30H,3,16-17H2,1-2H3/t21-,29+/m0/s1. The first-order valence-electron chi connectivity index (χ1n) is 12.1. The maximum absolute atomic E-state index is 13.9. The second-order valence-corrected chi connectivity index (χ2v) is 9.35. The Hall–Kier alpha value is -4.26. The minimum absolute atomic E-state index is 0.0103. The van der Waals surface area contributed by atoms with Gasteiger partial charge in [-0.15, -0.1) is 0 Å². The summed E-state index contributed by atoms with van der Waals surface area (Å²) in [6.07, 6.45) is 1.02. The van der Waals surface area contributed by atoms with Crippen molar-refractivity contribution in [2.24, 2.45) is 0 Å². The monoisotopic (exact) mass is 481 g/mol. The average molecular weight is 482 g/mol. The largest absolute Gasteiger partial charge is 0.357 e. The molecule has 0 fully saturated rings. The Kier molecular flexibility index (Phi) is 6.14. The van der Waals surface area contributed by atoms with E-state index in [1.807, 2.05) is 68.4 Å². The van der Waals surface area contributed by atoms with Crippen LogP contribution < -0.4 is 10.2 Å². The fourth-order valence-corrected chi connectivity index (χ4v) is 5.23. The van der Waals surface area contributed by atoms with E-state index in [-0.39, 0.29) is 29.7 Å². The molecule has 0 saturated heterocycles. The second-order valence-electron chi connectivity index (χ2n) is 9.35. The van der Waals surface area contributed by atoms with Gasteiger partial charge in [0.05, 0.1) is 22.3 Å². The number of amides is 1. The third kappa shape index (κ3) is 4.17. The van der Waals surface area contributed by atoms with Gasteiger partial charge in [0.25, 0.3) is 5.69 Å². The number of benzene rings is 3. The molecule has 0 radical (unpaired) electrons. The van der Waals surface area contributed by atoms with Crippen molar-refractivity contribution in [2.75, 3.05) is 10.2 Å². The van der Waals surface area contributed by atoms with Crippen molar-refractivity contribution in [1.29, 1.82) is 0 Å². The molecule has 1 aliphatic heterocycles. The van der Waals surface area contributed by atoms with Gasteiger partial charge in [-0.1, -0.05) is 61.0 Å². The van der Waals surface area contributed by atoms with Gasteiger partial charge >= 0.3 is 0 Å². The molecule has 0 aromatic heterocycles. The molecule has 5 rings (SSSR count). The first-order chi connectivity index (χ1) is 17.4. The van der Waals surface area contributed by atoms with E-state index in [0.717, 1.165) is 33.8 Å². The first kappa shape index (κ1) is 23.5. The lowest BCUT2D eigenvalue weighted by molar-refractivity contribution is -0.384. The second kappa shape index (κ2) is 9.41. The molecule has 182 valence electrons. The Morgan fingerprint density at radius 1 is 1.03 bits per heavy atom. The van der Waals surface area contributed by atoms with Gasteiger partial charge in [0.1, 0.15) is 0 Å². The molecule has 1 heterocycles. The number of Topliss-reactive ketones (excluding diaryl/α,β-unsaturated/α-hetero) is 1. The Bertz CT molecular complexity index is 1390. The number of para-hydroxylation sites is 2. The third-order valence-electron chi connectivity index (χ3n) is 7.01. The van der Waals surface area contributed by atoms with Gasteiger partial charge in [-0.3, -0.25) is 24.6 Å². The maximum atomic E-state index is 13.9. The number of hydrogen-bond donors (Lipinski definition) is 1. The molecule has 0 saturated carbocycles. The van der Waals surface area contributed by atoms with Crippen molar-refractivity contribution in [1.82, 2.24) is 0 Å². The van der Waals surface area contributed by atoms with Gasteiger partial charge in [-0.2, -0.15) is 0 Å². The first-order valence-corrected chi connectivity index (χ1v) is 12.1. The van der Waals surface area contributed by atoms with Crippen molar-refractivity contribution in [3.05, 3.63) is 111 Å². The summed E-state index contributed by atoms with van der Waals surface area (Å²) in [6, 6.07) is 21.5. The van der Waals surface area contributed by atoms with Crippen molar-refractivity contribution in [3.8, 4) is 0 Å². The molecule has 0 spiro atoms. The van der Waals surface area contributed by atoms with Crippen LogP contribution in [0.3, 0.4) is 0 Å². The number of nitro benzene ring substituents is 1. The highest BCUT2D eigenvalue weighted by molar-refractivity contribution is 6.06. The zero-order valence-electron chi connectivity index (χ0n) is 20.2. The minimum Gasteiger partial charge on any atom is -0.357 e. The number of nitrogens with one attached hydrogen (secondary N) is 1. The highest BCUT2D eigenvalue weighted by Gasteiger charge is 2.41. The molecule has 3 aromatic rings. The molecule has 3 aromatic carbocycles. The van der Waals surface area contributed by atoms with E-state index < -0.39 is 11.0 Å². The number of fused-ring (bicyclic) bond motifs is 1. The smallest absolute Gasteiger partial charge is 0.269 e. The summed E-state index contributed by atoms with van der Waals surface area (Å²) in [7, 11) is 0. The summed E-state index contributed by atoms with van der Waals surface area (Å²) in [5.74, 6) is -0.340. The van der Waals surface area contributed by atoms with E-state index in [1.54, 1.807) is 17.0 Å². The van der Waals surface area contributed by atoms with Gasteiger partial charge in [-0.05, 0) is 42.5 Å². The van der Waals surface area contributed by atoms with E-state index in [1.165, 1.54) is 6.07 Å². The molecule has 36 heavy (non-hydrogen) atoms. The fraction of sp³-hybridized carbons (Fsp3) is 0.241. The van der Waals surface area contributed by atoms with Crippen LogP contribution in [-0.2, 0) is 9.59 Å². The van der Waals surface area contributed by atoms with Crippen LogP contribution in [0.1, 0.15) is 54.8 Å². The lowest BCUT2D eigenvalue weighted by Gasteiger charge is -2.35. The van der Waals surface area contributed by atoms with Crippen LogP contribution >= 0.6 is 0 Å². The van der Waals surface area contributed by atoms with Gasteiger partial charge in [0.15, 0.2) is 5.78 Å². The molecule has 2 atom stereocenters. The van der Waals surface area contributed by atoms with Crippen LogP contribution in [0.2, 0.25) is 0 Å². The zero-order chi connectivity index (χ0) is 25.4. The third-order valence-corrected chi connectivity index (χ3v) is 7.01. The summed E-state index contributed by atoms with van der Waals surface area (Å²) < 4.78 is 0. The van der Waals surface area contributed by atoms with Gasteiger partial charge in [0, 0.05) is 36.2 Å². The Morgan fingerprint density at radius 2 is 1.78 bits per heavy atom. The number of ketones is 1. The normalized spacial score (nSPS) is 19.2. The molecule has 0 bridgehead atoms. The highest BCUT2D eigenvalue weighted by atomic mass is 16.6. The molecule has 1 amide bonds. The van der Waals surface area contributed by atoms with Crippen molar-refractivity contribution in [3.63, 3.8) is 0 Å². The molecular weight excluding hydrogens is 454 g/mol. The summed E-state index contributed by atoms with van der Waals surface area (Å²) in [6.45, 7) is 3.83. The number of rotatable bonds is 4. The van der Waals surface area contributed by atoms with Gasteiger partial charge in [-0.25, -0.2) is 0 Å². The number of nitrogens with zero attached hydrogens (tertiary/aromatic N) is 2. The van der Waals surface area contributed by atoms with E-state index in [4.69, 9.17) is 0 Å². The maximum Gasteiger partial charge on any atom is 0.269 e. The van der Waals surface area contributed by atoms with Crippen molar-refractivity contribution >= 4 is 28.8 Å². The molecule has 0 unspecified atom stereocenters. The number of allylic oxidation sites excluding steroid dienone is 1. The van der Waals surface area contributed by atoms with Crippen LogP contribution in [0.25, 0.3) is 0 Å². The molecular formula is C29H27N3O4.